The van der Waals surface area contributed by atoms with E-state index >= 15 is 0 Å². The highest BCUT2D eigenvalue weighted by Crippen LogP contribution is 2.29. The fourth-order valence-electron chi connectivity index (χ4n) is 2.19. The number of esters is 1. The van der Waals surface area contributed by atoms with E-state index in [4.69, 9.17) is 10.00 Å². The molecule has 2 heterocycles. The van der Waals surface area contributed by atoms with Gasteiger partial charge in [-0.15, -0.1) is 22.0 Å². The summed E-state index contributed by atoms with van der Waals surface area (Å²) in [6.45, 7) is 5.90. The zero-order valence-electron chi connectivity index (χ0n) is 15.1. The van der Waals surface area contributed by atoms with Crippen molar-refractivity contribution in [1.82, 2.24) is 24.9 Å². The van der Waals surface area contributed by atoms with Crippen molar-refractivity contribution >= 4 is 46.3 Å². The SMILES string of the molecule is CCOC(=O)c1c(SC)nc(/N=C(\NC#N)SC)n2c(C(C)C)nnc12. The van der Waals surface area contributed by atoms with Gasteiger partial charge in [-0.05, 0) is 19.4 Å². The molecule has 2 rings (SSSR count). The third-order valence-corrected chi connectivity index (χ3v) is 4.54. The summed E-state index contributed by atoms with van der Waals surface area (Å²) in [7, 11) is 0. The van der Waals surface area contributed by atoms with Gasteiger partial charge < -0.3 is 4.74 Å². The number of rotatable bonds is 5. The summed E-state index contributed by atoms with van der Waals surface area (Å²) in [5.74, 6) is 0.422. The Kier molecular flexibility index (Phi) is 6.82. The van der Waals surface area contributed by atoms with Crippen LogP contribution in [0.5, 0.6) is 0 Å². The first-order chi connectivity index (χ1) is 12.5. The Hall–Kier alpha value is -2.32. The molecule has 26 heavy (non-hydrogen) atoms. The number of amidine groups is 1. The average Bonchev–Trinajstić information content (AvgIpc) is 3.06. The Labute approximate surface area is 159 Å². The van der Waals surface area contributed by atoms with Gasteiger partial charge >= 0.3 is 5.97 Å². The molecule has 138 valence electrons. The summed E-state index contributed by atoms with van der Waals surface area (Å²) in [4.78, 5) is 21.4. The van der Waals surface area contributed by atoms with Crippen molar-refractivity contribution in [3.8, 4) is 6.19 Å². The van der Waals surface area contributed by atoms with Crippen LogP contribution in [0.15, 0.2) is 10.0 Å². The van der Waals surface area contributed by atoms with Crippen molar-refractivity contribution in [2.24, 2.45) is 4.99 Å². The standard InChI is InChI=1S/C15H19N7O2S2/c1-6-24-13(23)9-11-21-20-10(8(2)3)22(11)14(18-12(9)25-4)19-15(26-5)17-7-16/h8H,6H2,1-5H3,(H,17,18,19). The van der Waals surface area contributed by atoms with E-state index in [2.05, 4.69) is 25.5 Å². The number of thioether (sulfide) groups is 2. The molecule has 11 heteroatoms. The van der Waals surface area contributed by atoms with Gasteiger partial charge in [0, 0.05) is 5.92 Å². The van der Waals surface area contributed by atoms with Crippen molar-refractivity contribution in [3.63, 3.8) is 0 Å². The van der Waals surface area contributed by atoms with E-state index < -0.39 is 5.97 Å². The highest BCUT2D eigenvalue weighted by Gasteiger charge is 2.25. The summed E-state index contributed by atoms with van der Waals surface area (Å²) in [5.41, 5.74) is 0.597. The molecule has 9 nitrogen and oxygen atoms in total. The molecule has 0 atom stereocenters. The van der Waals surface area contributed by atoms with Crippen molar-refractivity contribution < 1.29 is 9.53 Å². The van der Waals surface area contributed by atoms with Crippen LogP contribution in [0.2, 0.25) is 0 Å². The van der Waals surface area contributed by atoms with Crippen molar-refractivity contribution in [2.75, 3.05) is 19.1 Å². The van der Waals surface area contributed by atoms with E-state index in [1.807, 2.05) is 20.0 Å². The molecule has 0 aliphatic heterocycles. The fourth-order valence-corrected chi connectivity index (χ4v) is 3.06. The minimum atomic E-state index is -0.507. The predicted octanol–water partition coefficient (Wildman–Crippen LogP) is 2.57. The molecule has 2 aromatic rings. The number of hydrogen-bond acceptors (Lipinski definition) is 9. The Morgan fingerprint density at radius 1 is 1.42 bits per heavy atom. The summed E-state index contributed by atoms with van der Waals surface area (Å²) < 4.78 is 6.79. The molecule has 0 radical (unpaired) electrons. The van der Waals surface area contributed by atoms with Crippen LogP contribution < -0.4 is 5.32 Å². The largest absolute Gasteiger partial charge is 0.462 e. The molecule has 1 N–H and O–H groups in total. The summed E-state index contributed by atoms with van der Waals surface area (Å²) in [6, 6.07) is 0. The normalized spacial score (nSPS) is 11.7. The second-order valence-corrected chi connectivity index (χ2v) is 6.84. The maximum absolute atomic E-state index is 12.5. The molecule has 0 saturated carbocycles. The van der Waals surface area contributed by atoms with Gasteiger partial charge in [-0.1, -0.05) is 25.6 Å². The summed E-state index contributed by atoms with van der Waals surface area (Å²) >= 11 is 2.56. The maximum Gasteiger partial charge on any atom is 0.344 e. The average molecular weight is 393 g/mol. The second-order valence-electron chi connectivity index (χ2n) is 5.25. The van der Waals surface area contributed by atoms with Gasteiger partial charge in [-0.3, -0.25) is 5.32 Å². The first-order valence-corrected chi connectivity index (χ1v) is 10.2. The lowest BCUT2D eigenvalue weighted by Gasteiger charge is -2.12. The molecular formula is C15H19N7O2S2. The van der Waals surface area contributed by atoms with Gasteiger partial charge in [0.15, 0.2) is 17.0 Å². The molecule has 0 amide bonds. The van der Waals surface area contributed by atoms with Crippen LogP contribution in [0.25, 0.3) is 5.65 Å². The van der Waals surface area contributed by atoms with Crippen molar-refractivity contribution in [2.45, 2.75) is 31.7 Å². The van der Waals surface area contributed by atoms with Crippen LogP contribution in [0.3, 0.4) is 0 Å². The van der Waals surface area contributed by atoms with E-state index in [-0.39, 0.29) is 24.0 Å². The number of nitrogens with one attached hydrogen (secondary N) is 1. The van der Waals surface area contributed by atoms with E-state index in [1.165, 1.54) is 23.5 Å². The molecule has 0 aromatic carbocycles. The highest BCUT2D eigenvalue weighted by molar-refractivity contribution is 8.13. The molecule has 0 fully saturated rings. The molecule has 0 bridgehead atoms. The van der Waals surface area contributed by atoms with Gasteiger partial charge in [0.1, 0.15) is 16.4 Å². The third kappa shape index (κ3) is 3.91. The zero-order chi connectivity index (χ0) is 19.3. The Morgan fingerprint density at radius 2 is 2.15 bits per heavy atom. The van der Waals surface area contributed by atoms with Crippen molar-refractivity contribution in [3.05, 3.63) is 11.4 Å². The Morgan fingerprint density at radius 3 is 2.69 bits per heavy atom. The molecular weight excluding hydrogens is 374 g/mol. The lowest BCUT2D eigenvalue weighted by atomic mass is 10.2. The number of hydrogen-bond donors (Lipinski definition) is 1. The highest BCUT2D eigenvalue weighted by atomic mass is 32.2. The number of ether oxygens (including phenoxy) is 1. The van der Waals surface area contributed by atoms with E-state index in [9.17, 15) is 4.79 Å². The Bertz CT molecular complexity index is 886. The first-order valence-electron chi connectivity index (χ1n) is 7.76. The van der Waals surface area contributed by atoms with Crippen molar-refractivity contribution in [1.29, 1.82) is 5.26 Å². The first kappa shape index (κ1) is 20.0. The lowest BCUT2D eigenvalue weighted by Crippen LogP contribution is -2.15. The van der Waals surface area contributed by atoms with Gasteiger partial charge in [0.25, 0.3) is 0 Å². The third-order valence-electron chi connectivity index (χ3n) is 3.27. The van der Waals surface area contributed by atoms with Gasteiger partial charge in [-0.2, -0.15) is 10.3 Å². The van der Waals surface area contributed by atoms with Gasteiger partial charge in [-0.25, -0.2) is 14.2 Å². The number of nitriles is 1. The number of aromatic nitrogens is 4. The number of aliphatic imine (C=N–C) groups is 1. The minimum Gasteiger partial charge on any atom is -0.462 e. The summed E-state index contributed by atoms with van der Waals surface area (Å²) in [5, 5.41) is 20.6. The zero-order valence-corrected chi connectivity index (χ0v) is 16.7. The van der Waals surface area contributed by atoms with E-state index in [0.29, 0.717) is 21.7 Å². The lowest BCUT2D eigenvalue weighted by molar-refractivity contribution is 0.0523. The molecule has 0 aliphatic rings. The molecule has 2 aromatic heterocycles. The van der Waals surface area contributed by atoms with E-state index in [0.717, 1.165) is 0 Å². The second kappa shape index (κ2) is 8.86. The van der Waals surface area contributed by atoms with Crippen LogP contribution in [0.4, 0.5) is 5.95 Å². The predicted molar refractivity (Wildman–Crippen MR) is 102 cm³/mol. The fraction of sp³-hybridized carbons (Fsp3) is 0.467. The van der Waals surface area contributed by atoms with E-state index in [1.54, 1.807) is 23.8 Å². The van der Waals surface area contributed by atoms with Crippen LogP contribution >= 0.6 is 23.5 Å². The molecule has 0 saturated heterocycles. The molecule has 0 aliphatic carbocycles. The topological polar surface area (TPSA) is 118 Å². The van der Waals surface area contributed by atoms with Gasteiger partial charge in [0.05, 0.1) is 6.61 Å². The van der Waals surface area contributed by atoms with Crippen LogP contribution in [-0.4, -0.2) is 49.8 Å². The maximum atomic E-state index is 12.5. The van der Waals surface area contributed by atoms with Crippen LogP contribution in [0.1, 0.15) is 42.9 Å². The number of carbonyl (C=O) groups is 1. The minimum absolute atomic E-state index is 0.0255. The number of nitrogens with zero attached hydrogens (tertiary/aromatic N) is 6. The monoisotopic (exact) mass is 393 g/mol. The number of carbonyl (C=O) groups excluding carboxylic acids is 1. The number of fused-ring (bicyclic) bond motifs is 1. The Balaban J connectivity index is 2.84. The summed E-state index contributed by atoms with van der Waals surface area (Å²) in [6.07, 6.45) is 5.44. The van der Waals surface area contributed by atoms with Crippen LogP contribution in [0, 0.1) is 11.5 Å². The molecule has 0 unspecified atom stereocenters. The molecule has 0 spiro atoms. The van der Waals surface area contributed by atoms with Crippen LogP contribution in [-0.2, 0) is 4.74 Å². The smallest absolute Gasteiger partial charge is 0.344 e. The quantitative estimate of drug-likeness (QED) is 0.155. The van der Waals surface area contributed by atoms with Gasteiger partial charge in [0.2, 0.25) is 5.95 Å².